The molecule has 0 saturated heterocycles. The summed E-state index contributed by atoms with van der Waals surface area (Å²) in [7, 11) is 0. The summed E-state index contributed by atoms with van der Waals surface area (Å²) in [6.45, 7) is 4.32. The van der Waals surface area contributed by atoms with E-state index in [0.717, 1.165) is 0 Å². The number of rotatable bonds is 8. The molecule has 0 aliphatic rings. The van der Waals surface area contributed by atoms with Crippen molar-refractivity contribution in [1.29, 1.82) is 0 Å². The molecule has 0 saturated carbocycles. The lowest BCUT2D eigenvalue weighted by atomic mass is 9.89. The summed E-state index contributed by atoms with van der Waals surface area (Å²) in [6, 6.07) is 77.8. The first-order chi connectivity index (χ1) is 27.9. The molecule has 0 nitrogen and oxygen atoms in total. The van der Waals surface area contributed by atoms with Gasteiger partial charge in [0.15, 0.2) is 0 Å². The molecule has 0 heterocycles. The summed E-state index contributed by atoms with van der Waals surface area (Å²) in [5.74, 6) is 0. The maximum atomic E-state index is 2.44. The van der Waals surface area contributed by atoms with Gasteiger partial charge in [-0.3, -0.25) is 0 Å². The highest BCUT2D eigenvalue weighted by molar-refractivity contribution is 14.1. The number of hydrogen-bond donors (Lipinski definition) is 0. The highest BCUT2D eigenvalue weighted by Gasteiger charge is 2.14. The molecule has 0 fully saturated rings. The molecular weight excluding hydrogens is 800 g/mol. The third-order valence-corrected chi connectivity index (χ3v) is 11.5. The fourth-order valence-corrected chi connectivity index (χ4v) is 8.42. The van der Waals surface area contributed by atoms with Crippen LogP contribution < -0.4 is 0 Å². The molecule has 0 aliphatic heterocycles. The van der Waals surface area contributed by atoms with Crippen LogP contribution in [0.3, 0.4) is 0 Å². The largest absolute Gasteiger partial charge is 0.0622 e. The first kappa shape index (κ1) is 36.4. The van der Waals surface area contributed by atoms with Crippen LogP contribution in [0.25, 0.3) is 89.0 Å². The van der Waals surface area contributed by atoms with Gasteiger partial charge in [-0.25, -0.2) is 0 Å². The minimum Gasteiger partial charge on any atom is -0.0622 e. The second-order valence-electron chi connectivity index (χ2n) is 14.9. The molecule has 272 valence electrons. The van der Waals surface area contributed by atoms with Gasteiger partial charge in [0.1, 0.15) is 0 Å². The van der Waals surface area contributed by atoms with Crippen molar-refractivity contribution in [3.05, 3.63) is 227 Å². The smallest absolute Gasteiger partial charge is 0.0136 e. The van der Waals surface area contributed by atoms with E-state index in [4.69, 9.17) is 0 Å². The van der Waals surface area contributed by atoms with Crippen molar-refractivity contribution in [2.24, 2.45) is 0 Å². The maximum absolute atomic E-state index is 2.44. The maximum Gasteiger partial charge on any atom is 0.0136 e. The Morgan fingerprint density at radius 1 is 0.228 bits per heavy atom. The van der Waals surface area contributed by atoms with Gasteiger partial charge in [-0.15, -0.1) is 0 Å². The molecule has 57 heavy (non-hydrogen) atoms. The van der Waals surface area contributed by atoms with Crippen LogP contribution in [0.5, 0.6) is 0 Å². The van der Waals surface area contributed by atoms with Gasteiger partial charge in [-0.1, -0.05) is 175 Å². The van der Waals surface area contributed by atoms with Crippen molar-refractivity contribution >= 4 is 22.6 Å². The van der Waals surface area contributed by atoms with E-state index in [2.05, 4.69) is 249 Å². The van der Waals surface area contributed by atoms with Crippen LogP contribution in [-0.4, -0.2) is 0 Å². The summed E-state index contributed by atoms with van der Waals surface area (Å²) in [4.78, 5) is 0. The molecule has 9 aromatic rings. The molecule has 0 unspecified atom stereocenters. The quantitative estimate of drug-likeness (QED) is 0.134. The fourth-order valence-electron chi connectivity index (χ4n) is 7.93. The Balaban J connectivity index is 1.08. The number of aryl methyl sites for hydroxylation is 2. The summed E-state index contributed by atoms with van der Waals surface area (Å²) >= 11 is 2.44. The van der Waals surface area contributed by atoms with Gasteiger partial charge in [0.2, 0.25) is 0 Å². The molecule has 9 aromatic carbocycles. The van der Waals surface area contributed by atoms with Crippen molar-refractivity contribution in [3.8, 4) is 89.0 Å². The Morgan fingerprint density at radius 3 is 1.25 bits per heavy atom. The Morgan fingerprint density at radius 2 is 0.614 bits per heavy atom. The van der Waals surface area contributed by atoms with Crippen molar-refractivity contribution < 1.29 is 0 Å². The van der Waals surface area contributed by atoms with Crippen LogP contribution in [0, 0.1) is 17.4 Å². The first-order valence-corrected chi connectivity index (χ1v) is 20.6. The van der Waals surface area contributed by atoms with Gasteiger partial charge in [-0.2, -0.15) is 0 Å². The normalized spacial score (nSPS) is 11.1. The van der Waals surface area contributed by atoms with Gasteiger partial charge in [-0.05, 0) is 173 Å². The zero-order valence-corrected chi connectivity index (χ0v) is 34.2. The zero-order valence-electron chi connectivity index (χ0n) is 32.1. The first-order valence-electron chi connectivity index (χ1n) is 19.5. The molecule has 0 radical (unpaired) electrons. The summed E-state index contributed by atoms with van der Waals surface area (Å²) < 4.78 is 1.21. The van der Waals surface area contributed by atoms with E-state index in [9.17, 15) is 0 Å². The van der Waals surface area contributed by atoms with Crippen LogP contribution in [0.15, 0.2) is 212 Å². The molecule has 1 heteroatoms. The third-order valence-electron chi connectivity index (χ3n) is 10.8. The molecule has 0 N–H and O–H groups in total. The van der Waals surface area contributed by atoms with Crippen molar-refractivity contribution in [2.45, 2.75) is 13.8 Å². The molecule has 9 rings (SSSR count). The highest BCUT2D eigenvalue weighted by atomic mass is 127. The molecule has 0 aromatic heterocycles. The van der Waals surface area contributed by atoms with E-state index in [1.54, 1.807) is 0 Å². The topological polar surface area (TPSA) is 0 Å². The van der Waals surface area contributed by atoms with E-state index in [1.165, 1.54) is 104 Å². The lowest BCUT2D eigenvalue weighted by Crippen LogP contribution is -1.90. The Hall–Kier alpha value is -6.29. The average molecular weight is 841 g/mol. The van der Waals surface area contributed by atoms with Crippen LogP contribution in [0.2, 0.25) is 0 Å². The van der Waals surface area contributed by atoms with E-state index < -0.39 is 0 Å². The zero-order chi connectivity index (χ0) is 38.7. The molecule has 0 spiro atoms. The predicted molar refractivity (Wildman–Crippen MR) is 252 cm³/mol. The van der Waals surface area contributed by atoms with Crippen LogP contribution >= 0.6 is 22.6 Å². The minimum atomic E-state index is 1.20. The predicted octanol–water partition coefficient (Wildman–Crippen LogP) is 16.2. The number of hydrogen-bond acceptors (Lipinski definition) is 0. The monoisotopic (exact) mass is 840 g/mol. The molecule has 0 bridgehead atoms. The molecule has 0 aliphatic carbocycles. The second kappa shape index (κ2) is 16.1. The van der Waals surface area contributed by atoms with Gasteiger partial charge in [0, 0.05) is 3.57 Å². The van der Waals surface area contributed by atoms with E-state index in [1.807, 2.05) is 0 Å². The lowest BCUT2D eigenvalue weighted by molar-refractivity contribution is 1.46. The van der Waals surface area contributed by atoms with E-state index in [0.29, 0.717) is 0 Å². The third kappa shape index (κ3) is 7.90. The SMILES string of the molecule is Cc1ccc(-c2ccc(-c3cccc(-c4cc(I)ccc4-c4cccc(-c5cccc(-c6cc(C)cc(-c7ccccc7)c6)c5)c4)c3)cc2-c2ccccc2)cc1. The van der Waals surface area contributed by atoms with Crippen molar-refractivity contribution in [3.63, 3.8) is 0 Å². The van der Waals surface area contributed by atoms with Crippen LogP contribution in [0.4, 0.5) is 0 Å². The Bertz CT molecular complexity index is 2850. The average Bonchev–Trinajstić information content (AvgIpc) is 3.27. The number of halogens is 1. The molecular formula is C56H41I. The van der Waals surface area contributed by atoms with Gasteiger partial charge in [0.25, 0.3) is 0 Å². The fraction of sp³-hybridized carbons (Fsp3) is 0.0357. The second-order valence-corrected chi connectivity index (χ2v) is 16.1. The van der Waals surface area contributed by atoms with E-state index >= 15 is 0 Å². The number of benzene rings is 9. The minimum absolute atomic E-state index is 1.20. The van der Waals surface area contributed by atoms with Gasteiger partial charge in [0.05, 0.1) is 0 Å². The molecule has 0 atom stereocenters. The van der Waals surface area contributed by atoms with Crippen molar-refractivity contribution in [1.82, 2.24) is 0 Å². The van der Waals surface area contributed by atoms with Crippen LogP contribution in [-0.2, 0) is 0 Å². The molecule has 0 amide bonds. The lowest BCUT2D eigenvalue weighted by Gasteiger charge is -2.16. The summed E-state index contributed by atoms with van der Waals surface area (Å²) in [5, 5.41) is 0. The standard InChI is InChI=1S/C56H41I/c1-38-22-24-42(25-23-38)53-28-26-47(36-55(53)41-14-7-4-8-15-41)45-18-11-21-49(34-45)56-37-52(57)27-29-54(56)48-20-10-17-44(33-48)43-16-9-19-46(32-43)51-31-39(2)30-50(35-51)40-12-5-3-6-13-40/h3-37H,1-2H3. The van der Waals surface area contributed by atoms with E-state index in [-0.39, 0.29) is 0 Å². The van der Waals surface area contributed by atoms with Crippen LogP contribution in [0.1, 0.15) is 11.1 Å². The summed E-state index contributed by atoms with van der Waals surface area (Å²) in [5.41, 5.74) is 22.0. The van der Waals surface area contributed by atoms with Gasteiger partial charge >= 0.3 is 0 Å². The Kier molecular flexibility index (Phi) is 10.2. The Labute approximate surface area is 350 Å². The summed E-state index contributed by atoms with van der Waals surface area (Å²) in [6.07, 6.45) is 0. The van der Waals surface area contributed by atoms with Crippen molar-refractivity contribution in [2.75, 3.05) is 0 Å². The van der Waals surface area contributed by atoms with Gasteiger partial charge < -0.3 is 0 Å². The highest BCUT2D eigenvalue weighted by Crippen LogP contribution is 2.40.